The summed E-state index contributed by atoms with van der Waals surface area (Å²) in [6.45, 7) is 1.10. The lowest BCUT2D eigenvalue weighted by Crippen LogP contribution is -2.22. The number of nitrogens with zero attached hydrogens (tertiary/aromatic N) is 2. The third-order valence-corrected chi connectivity index (χ3v) is 3.01. The van der Waals surface area contributed by atoms with E-state index >= 15 is 0 Å². The van der Waals surface area contributed by atoms with Gasteiger partial charge in [0.15, 0.2) is 0 Å². The van der Waals surface area contributed by atoms with Crippen molar-refractivity contribution in [2.75, 3.05) is 18.0 Å². The number of pyridine rings is 1. The highest BCUT2D eigenvalue weighted by atomic mass is 19.4. The van der Waals surface area contributed by atoms with Gasteiger partial charge in [-0.2, -0.15) is 13.2 Å². The maximum absolute atomic E-state index is 12.6. The van der Waals surface area contributed by atoms with Gasteiger partial charge in [0.1, 0.15) is 5.82 Å². The van der Waals surface area contributed by atoms with Gasteiger partial charge >= 0.3 is 6.18 Å². The van der Waals surface area contributed by atoms with Crippen LogP contribution in [0.15, 0.2) is 48.7 Å². The van der Waals surface area contributed by atoms with Crippen LogP contribution in [0.25, 0.3) is 0 Å². The molecule has 21 heavy (non-hydrogen) atoms. The molecule has 1 aromatic heterocycles. The Bertz CT molecular complexity index is 553. The van der Waals surface area contributed by atoms with Crippen molar-refractivity contribution in [2.45, 2.75) is 12.6 Å². The van der Waals surface area contributed by atoms with Crippen LogP contribution in [0, 0.1) is 0 Å². The number of benzene rings is 1. The molecule has 0 aliphatic rings. The van der Waals surface area contributed by atoms with E-state index in [9.17, 15) is 13.2 Å². The monoisotopic (exact) mass is 295 g/mol. The molecular weight excluding hydrogens is 279 g/mol. The van der Waals surface area contributed by atoms with E-state index in [4.69, 9.17) is 5.73 Å². The van der Waals surface area contributed by atoms with E-state index in [1.807, 2.05) is 35.2 Å². The van der Waals surface area contributed by atoms with Crippen molar-refractivity contribution in [1.29, 1.82) is 0 Å². The van der Waals surface area contributed by atoms with E-state index in [1.165, 1.54) is 6.07 Å². The molecule has 0 bridgehead atoms. The molecule has 2 aromatic rings. The van der Waals surface area contributed by atoms with Gasteiger partial charge in [-0.25, -0.2) is 4.98 Å². The van der Waals surface area contributed by atoms with Crippen LogP contribution in [0.2, 0.25) is 0 Å². The number of nitrogens with two attached hydrogens (primary N) is 1. The normalized spacial score (nSPS) is 11.4. The van der Waals surface area contributed by atoms with Crippen molar-refractivity contribution in [1.82, 2.24) is 4.98 Å². The zero-order valence-electron chi connectivity index (χ0n) is 11.3. The van der Waals surface area contributed by atoms with Gasteiger partial charge in [-0.3, -0.25) is 0 Å². The Labute approximate surface area is 121 Å². The third-order valence-electron chi connectivity index (χ3n) is 3.01. The molecule has 0 amide bonds. The number of hydrogen-bond donors (Lipinski definition) is 1. The van der Waals surface area contributed by atoms with E-state index in [0.29, 0.717) is 18.9 Å². The predicted octanol–water partition coefficient (Wildman–Crippen LogP) is 3.59. The van der Waals surface area contributed by atoms with Crippen molar-refractivity contribution in [3.63, 3.8) is 0 Å². The SMILES string of the molecule is NCCCN(c1ccccc1)c1ccc(C(F)(F)F)cn1. The molecule has 0 atom stereocenters. The lowest BCUT2D eigenvalue weighted by molar-refractivity contribution is -0.137. The standard InChI is InChI=1S/C15H16F3N3/c16-15(17,18)12-7-8-14(20-11-12)21(10-4-9-19)13-5-2-1-3-6-13/h1-3,5-8,11H,4,9-10,19H2. The molecular formula is C15H16F3N3. The Balaban J connectivity index is 2.29. The molecule has 0 saturated carbocycles. The highest BCUT2D eigenvalue weighted by Gasteiger charge is 2.30. The third kappa shape index (κ3) is 3.95. The minimum absolute atomic E-state index is 0.475. The Morgan fingerprint density at radius 1 is 1.05 bits per heavy atom. The van der Waals surface area contributed by atoms with E-state index in [1.54, 1.807) is 0 Å². The Kier molecular flexibility index (Phi) is 4.80. The number of anilines is 2. The largest absolute Gasteiger partial charge is 0.417 e. The van der Waals surface area contributed by atoms with Gasteiger partial charge in [0.2, 0.25) is 0 Å². The summed E-state index contributed by atoms with van der Waals surface area (Å²) >= 11 is 0. The van der Waals surface area contributed by atoms with Gasteiger partial charge < -0.3 is 10.6 Å². The quantitative estimate of drug-likeness (QED) is 0.916. The molecule has 6 heteroatoms. The molecule has 0 aliphatic heterocycles. The summed E-state index contributed by atoms with van der Waals surface area (Å²) in [6, 6.07) is 11.8. The van der Waals surface area contributed by atoms with Crippen molar-refractivity contribution in [2.24, 2.45) is 5.73 Å². The van der Waals surface area contributed by atoms with Crippen molar-refractivity contribution in [3.8, 4) is 0 Å². The summed E-state index contributed by atoms with van der Waals surface area (Å²) < 4.78 is 37.7. The molecule has 1 heterocycles. The van der Waals surface area contributed by atoms with E-state index < -0.39 is 11.7 Å². The smallest absolute Gasteiger partial charge is 0.330 e. The highest BCUT2D eigenvalue weighted by Crippen LogP contribution is 2.30. The van der Waals surface area contributed by atoms with Gasteiger partial charge in [0.05, 0.1) is 5.56 Å². The molecule has 0 radical (unpaired) electrons. The van der Waals surface area contributed by atoms with Crippen LogP contribution in [0.5, 0.6) is 0 Å². The number of alkyl halides is 3. The summed E-state index contributed by atoms with van der Waals surface area (Å²) in [5.41, 5.74) is 5.64. The van der Waals surface area contributed by atoms with E-state index in [-0.39, 0.29) is 0 Å². The topological polar surface area (TPSA) is 42.1 Å². The van der Waals surface area contributed by atoms with Crippen LogP contribution in [0.4, 0.5) is 24.7 Å². The number of halogens is 3. The van der Waals surface area contributed by atoms with Gasteiger partial charge in [-0.05, 0) is 37.2 Å². The van der Waals surface area contributed by atoms with E-state index in [0.717, 1.165) is 24.4 Å². The van der Waals surface area contributed by atoms with E-state index in [2.05, 4.69) is 4.98 Å². The lowest BCUT2D eigenvalue weighted by Gasteiger charge is -2.24. The Morgan fingerprint density at radius 2 is 1.76 bits per heavy atom. The van der Waals surface area contributed by atoms with Crippen LogP contribution in [-0.2, 0) is 6.18 Å². The van der Waals surface area contributed by atoms with Crippen LogP contribution in [0.3, 0.4) is 0 Å². The molecule has 0 aliphatic carbocycles. The molecule has 1 aromatic carbocycles. The number of hydrogen-bond acceptors (Lipinski definition) is 3. The second-order valence-corrected chi connectivity index (χ2v) is 4.53. The molecule has 0 spiro atoms. The maximum Gasteiger partial charge on any atom is 0.417 e. The molecule has 0 saturated heterocycles. The highest BCUT2D eigenvalue weighted by molar-refractivity contribution is 5.59. The average Bonchev–Trinajstić information content (AvgIpc) is 2.48. The molecule has 0 unspecified atom stereocenters. The predicted molar refractivity (Wildman–Crippen MR) is 76.4 cm³/mol. The van der Waals surface area contributed by atoms with Crippen molar-refractivity contribution in [3.05, 3.63) is 54.2 Å². The van der Waals surface area contributed by atoms with Crippen molar-refractivity contribution >= 4 is 11.5 Å². The minimum Gasteiger partial charge on any atom is -0.330 e. The van der Waals surface area contributed by atoms with Crippen molar-refractivity contribution < 1.29 is 13.2 Å². The fourth-order valence-corrected chi connectivity index (χ4v) is 1.95. The van der Waals surface area contributed by atoms with Crippen LogP contribution in [-0.4, -0.2) is 18.1 Å². The number of aromatic nitrogens is 1. The summed E-state index contributed by atoms with van der Waals surface area (Å²) in [4.78, 5) is 5.79. The first-order valence-electron chi connectivity index (χ1n) is 6.58. The average molecular weight is 295 g/mol. The van der Waals surface area contributed by atoms with Gasteiger partial charge in [0.25, 0.3) is 0 Å². The second kappa shape index (κ2) is 6.58. The van der Waals surface area contributed by atoms with Crippen LogP contribution in [0.1, 0.15) is 12.0 Å². The Morgan fingerprint density at radius 3 is 2.29 bits per heavy atom. The first-order valence-corrected chi connectivity index (χ1v) is 6.58. The number of rotatable bonds is 5. The van der Waals surface area contributed by atoms with Gasteiger partial charge in [-0.15, -0.1) is 0 Å². The zero-order valence-corrected chi connectivity index (χ0v) is 11.3. The van der Waals surface area contributed by atoms with Crippen LogP contribution >= 0.6 is 0 Å². The zero-order chi connectivity index (χ0) is 15.3. The molecule has 2 N–H and O–H groups in total. The summed E-state index contributed by atoms with van der Waals surface area (Å²) in [6.07, 6.45) is -2.80. The first kappa shape index (κ1) is 15.3. The molecule has 3 nitrogen and oxygen atoms in total. The fraction of sp³-hybridized carbons (Fsp3) is 0.267. The minimum atomic E-state index is -4.37. The fourth-order valence-electron chi connectivity index (χ4n) is 1.95. The summed E-state index contributed by atoms with van der Waals surface area (Å²) in [5.74, 6) is 0.475. The van der Waals surface area contributed by atoms with Gasteiger partial charge in [0, 0.05) is 18.4 Å². The molecule has 112 valence electrons. The molecule has 2 rings (SSSR count). The number of para-hydroxylation sites is 1. The first-order chi connectivity index (χ1) is 10.0. The summed E-state index contributed by atoms with van der Waals surface area (Å²) in [5, 5.41) is 0. The summed E-state index contributed by atoms with van der Waals surface area (Å²) in [7, 11) is 0. The molecule has 0 fully saturated rings. The van der Waals surface area contributed by atoms with Crippen LogP contribution < -0.4 is 10.6 Å². The Hall–Kier alpha value is -2.08. The second-order valence-electron chi connectivity index (χ2n) is 4.53. The maximum atomic E-state index is 12.6. The van der Waals surface area contributed by atoms with Gasteiger partial charge in [-0.1, -0.05) is 18.2 Å². The lowest BCUT2D eigenvalue weighted by atomic mass is 10.2.